The summed E-state index contributed by atoms with van der Waals surface area (Å²) >= 11 is 0. The van der Waals surface area contributed by atoms with Gasteiger partial charge < -0.3 is 14.8 Å². The Morgan fingerprint density at radius 2 is 2.07 bits per heavy atom. The van der Waals surface area contributed by atoms with Gasteiger partial charge in [0.15, 0.2) is 0 Å². The molecule has 2 aromatic carbocycles. The molecule has 0 atom stereocenters. The molecule has 1 amide bonds. The highest BCUT2D eigenvalue weighted by atomic mass is 19.1. The number of rotatable bonds is 4. The molecule has 136 valence electrons. The van der Waals surface area contributed by atoms with Gasteiger partial charge in [0, 0.05) is 16.5 Å². The number of benzene rings is 2. The molecule has 2 heterocycles. The van der Waals surface area contributed by atoms with Gasteiger partial charge in [0.2, 0.25) is 11.7 Å². The van der Waals surface area contributed by atoms with E-state index in [9.17, 15) is 9.18 Å². The number of amides is 1. The average molecular weight is 364 g/mol. The van der Waals surface area contributed by atoms with Gasteiger partial charge in [-0.05, 0) is 49.2 Å². The molecule has 2 N–H and O–H groups in total. The number of hydrogen-bond acceptors (Lipinski definition) is 4. The molecule has 0 fully saturated rings. The van der Waals surface area contributed by atoms with E-state index in [4.69, 9.17) is 4.52 Å². The van der Waals surface area contributed by atoms with Gasteiger partial charge in [0.25, 0.3) is 5.91 Å². The molecule has 4 rings (SSSR count). The van der Waals surface area contributed by atoms with Gasteiger partial charge in [-0.3, -0.25) is 4.79 Å². The largest absolute Gasteiger partial charge is 0.351 e. The summed E-state index contributed by atoms with van der Waals surface area (Å²) in [5, 5.41) is 7.58. The van der Waals surface area contributed by atoms with E-state index in [1.165, 1.54) is 12.1 Å². The van der Waals surface area contributed by atoms with Crippen molar-refractivity contribution in [2.24, 2.45) is 0 Å². The van der Waals surface area contributed by atoms with Crippen LogP contribution in [0.15, 0.2) is 47.0 Å². The Morgan fingerprint density at radius 3 is 2.89 bits per heavy atom. The minimum absolute atomic E-state index is 0.0779. The molecule has 0 radical (unpaired) electrons. The summed E-state index contributed by atoms with van der Waals surface area (Å²) in [5.41, 5.74) is 4.13. The van der Waals surface area contributed by atoms with Crippen molar-refractivity contribution < 1.29 is 13.7 Å². The second kappa shape index (κ2) is 6.68. The number of nitrogens with zero attached hydrogens (tertiary/aromatic N) is 2. The van der Waals surface area contributed by atoms with E-state index < -0.39 is 0 Å². The lowest BCUT2D eigenvalue weighted by molar-refractivity contribution is 0.0942. The third-order valence-electron chi connectivity index (χ3n) is 4.28. The number of carbonyl (C=O) groups excluding carboxylic acids is 1. The van der Waals surface area contributed by atoms with Crippen molar-refractivity contribution in [2.75, 3.05) is 0 Å². The minimum atomic E-state index is -0.378. The summed E-state index contributed by atoms with van der Waals surface area (Å²) in [6.07, 6.45) is 0. The predicted molar refractivity (Wildman–Crippen MR) is 98.6 cm³/mol. The van der Waals surface area contributed by atoms with Crippen LogP contribution in [0.3, 0.4) is 0 Å². The maximum Gasteiger partial charge on any atom is 0.268 e. The van der Waals surface area contributed by atoms with Crippen molar-refractivity contribution in [1.82, 2.24) is 20.4 Å². The molecule has 27 heavy (non-hydrogen) atoms. The fourth-order valence-electron chi connectivity index (χ4n) is 3.04. The van der Waals surface area contributed by atoms with Crippen LogP contribution in [0.5, 0.6) is 0 Å². The standard InChI is InChI=1S/C20H17FN4O2/c1-11-6-12(2)15-9-17(23-16(15)7-11)20(26)22-10-18-24-19(25-27-18)13-4-3-5-14(21)8-13/h3-9,23H,10H2,1-2H3,(H,22,26). The number of halogens is 1. The summed E-state index contributed by atoms with van der Waals surface area (Å²) < 4.78 is 18.4. The van der Waals surface area contributed by atoms with Gasteiger partial charge in [-0.1, -0.05) is 23.4 Å². The Kier molecular flexibility index (Phi) is 4.19. The Balaban J connectivity index is 1.48. The molecule has 6 nitrogen and oxygen atoms in total. The number of hydrogen-bond donors (Lipinski definition) is 2. The van der Waals surface area contributed by atoms with Crippen molar-refractivity contribution >= 4 is 16.8 Å². The molecule has 2 aromatic heterocycles. The van der Waals surface area contributed by atoms with Crippen LogP contribution in [0, 0.1) is 19.7 Å². The molecule has 0 aliphatic heterocycles. The summed E-state index contributed by atoms with van der Waals surface area (Å²) in [5.74, 6) is -0.133. The second-order valence-electron chi connectivity index (χ2n) is 6.43. The molecule has 4 aromatic rings. The van der Waals surface area contributed by atoms with Crippen LogP contribution in [0.2, 0.25) is 0 Å². The number of carbonyl (C=O) groups is 1. The average Bonchev–Trinajstić information content (AvgIpc) is 3.26. The number of aromatic amines is 1. The van der Waals surface area contributed by atoms with E-state index in [2.05, 4.69) is 26.5 Å². The fraction of sp³-hybridized carbons (Fsp3) is 0.150. The lowest BCUT2D eigenvalue weighted by Gasteiger charge is -1.99. The molecule has 7 heteroatoms. The van der Waals surface area contributed by atoms with Gasteiger partial charge in [-0.2, -0.15) is 4.98 Å². The molecular formula is C20H17FN4O2. The van der Waals surface area contributed by atoms with E-state index in [1.807, 2.05) is 26.0 Å². The van der Waals surface area contributed by atoms with Crippen molar-refractivity contribution in [3.63, 3.8) is 0 Å². The monoisotopic (exact) mass is 364 g/mol. The number of nitrogens with one attached hydrogen (secondary N) is 2. The first-order chi connectivity index (χ1) is 13.0. The van der Waals surface area contributed by atoms with E-state index in [0.717, 1.165) is 22.0 Å². The summed E-state index contributed by atoms with van der Waals surface area (Å²) in [7, 11) is 0. The number of aromatic nitrogens is 3. The lowest BCUT2D eigenvalue weighted by atomic mass is 10.1. The highest BCUT2D eigenvalue weighted by Crippen LogP contribution is 2.21. The highest BCUT2D eigenvalue weighted by Gasteiger charge is 2.14. The minimum Gasteiger partial charge on any atom is -0.351 e. The highest BCUT2D eigenvalue weighted by molar-refractivity contribution is 5.98. The van der Waals surface area contributed by atoms with Gasteiger partial charge in [-0.25, -0.2) is 4.39 Å². The Labute approximate surface area is 154 Å². The van der Waals surface area contributed by atoms with Crippen LogP contribution < -0.4 is 5.32 Å². The van der Waals surface area contributed by atoms with Crippen molar-refractivity contribution in [3.05, 3.63) is 71.0 Å². The third kappa shape index (κ3) is 3.44. The Morgan fingerprint density at radius 1 is 1.22 bits per heavy atom. The van der Waals surface area contributed by atoms with Crippen LogP contribution in [-0.4, -0.2) is 21.0 Å². The van der Waals surface area contributed by atoms with Gasteiger partial charge in [0.05, 0.1) is 6.54 Å². The van der Waals surface area contributed by atoms with Gasteiger partial charge >= 0.3 is 0 Å². The second-order valence-corrected chi connectivity index (χ2v) is 6.43. The summed E-state index contributed by atoms with van der Waals surface area (Å²) in [6.45, 7) is 4.10. The first-order valence-electron chi connectivity index (χ1n) is 8.46. The van der Waals surface area contributed by atoms with Crippen LogP contribution in [0.25, 0.3) is 22.3 Å². The van der Waals surface area contributed by atoms with E-state index >= 15 is 0 Å². The zero-order valence-electron chi connectivity index (χ0n) is 14.8. The van der Waals surface area contributed by atoms with E-state index in [-0.39, 0.29) is 30.0 Å². The molecule has 0 bridgehead atoms. The maximum atomic E-state index is 13.3. The number of fused-ring (bicyclic) bond motifs is 1. The van der Waals surface area contributed by atoms with Crippen molar-refractivity contribution in [3.8, 4) is 11.4 Å². The van der Waals surface area contributed by atoms with Crippen molar-refractivity contribution in [1.29, 1.82) is 0 Å². The number of aryl methyl sites for hydroxylation is 2. The quantitative estimate of drug-likeness (QED) is 0.575. The topological polar surface area (TPSA) is 83.8 Å². The SMILES string of the molecule is Cc1cc(C)c2cc(C(=O)NCc3nc(-c4cccc(F)c4)no3)[nH]c2c1. The van der Waals surface area contributed by atoms with Crippen molar-refractivity contribution in [2.45, 2.75) is 20.4 Å². The zero-order chi connectivity index (χ0) is 19.0. The Bertz CT molecular complexity index is 1150. The molecule has 0 aliphatic rings. The van der Waals surface area contributed by atoms with Crippen LogP contribution in [0.4, 0.5) is 4.39 Å². The first kappa shape index (κ1) is 17.0. The molecule has 0 saturated carbocycles. The molecular weight excluding hydrogens is 347 g/mol. The lowest BCUT2D eigenvalue weighted by Crippen LogP contribution is -2.23. The van der Waals surface area contributed by atoms with Gasteiger partial charge in [-0.15, -0.1) is 0 Å². The van der Waals surface area contributed by atoms with Crippen LogP contribution in [0.1, 0.15) is 27.5 Å². The Hall–Kier alpha value is -3.48. The van der Waals surface area contributed by atoms with E-state index in [1.54, 1.807) is 12.1 Å². The zero-order valence-corrected chi connectivity index (χ0v) is 14.8. The fourth-order valence-corrected chi connectivity index (χ4v) is 3.04. The maximum absolute atomic E-state index is 13.3. The smallest absolute Gasteiger partial charge is 0.268 e. The summed E-state index contributed by atoms with van der Waals surface area (Å²) in [6, 6.07) is 11.8. The third-order valence-corrected chi connectivity index (χ3v) is 4.28. The summed E-state index contributed by atoms with van der Waals surface area (Å²) in [4.78, 5) is 19.7. The van der Waals surface area contributed by atoms with Crippen LogP contribution >= 0.6 is 0 Å². The normalized spacial score (nSPS) is 11.1. The first-order valence-corrected chi connectivity index (χ1v) is 8.46. The molecule has 0 aliphatic carbocycles. The number of H-pyrrole nitrogens is 1. The van der Waals surface area contributed by atoms with Gasteiger partial charge in [0.1, 0.15) is 11.5 Å². The van der Waals surface area contributed by atoms with E-state index in [0.29, 0.717) is 11.3 Å². The predicted octanol–water partition coefficient (Wildman–Crippen LogP) is 3.90. The molecule has 0 saturated heterocycles. The molecule has 0 unspecified atom stereocenters. The molecule has 0 spiro atoms. The van der Waals surface area contributed by atoms with Crippen LogP contribution in [-0.2, 0) is 6.54 Å².